The number of hydrogen-bond donors (Lipinski definition) is 1. The first-order valence-electron chi connectivity index (χ1n) is 6.47. The van der Waals surface area contributed by atoms with E-state index in [0.717, 1.165) is 15.3 Å². The number of benzene rings is 1. The summed E-state index contributed by atoms with van der Waals surface area (Å²) in [6, 6.07) is 10.5. The Morgan fingerprint density at radius 3 is 2.81 bits per heavy atom. The van der Waals surface area contributed by atoms with Crippen molar-refractivity contribution in [2.75, 3.05) is 12.3 Å². The van der Waals surface area contributed by atoms with E-state index < -0.39 is 0 Å². The molecule has 0 aliphatic rings. The molecule has 0 fully saturated rings. The summed E-state index contributed by atoms with van der Waals surface area (Å²) in [6.45, 7) is 0.602. The topological polar surface area (TPSA) is 29.1 Å². The molecular formula is C15H15BrFNOS2. The molecule has 2 nitrogen and oxygen atoms in total. The van der Waals surface area contributed by atoms with E-state index in [-0.39, 0.29) is 18.1 Å². The molecule has 0 saturated carbocycles. The van der Waals surface area contributed by atoms with Gasteiger partial charge in [0.2, 0.25) is 5.91 Å². The number of halogens is 2. The van der Waals surface area contributed by atoms with Crippen LogP contribution in [0.4, 0.5) is 4.39 Å². The fourth-order valence-electron chi connectivity index (χ4n) is 1.74. The lowest BCUT2D eigenvalue weighted by molar-refractivity contribution is -0.120. The number of carbonyl (C=O) groups is 1. The van der Waals surface area contributed by atoms with E-state index in [1.165, 1.54) is 10.9 Å². The van der Waals surface area contributed by atoms with E-state index in [1.54, 1.807) is 41.3 Å². The molecule has 2 aromatic rings. The van der Waals surface area contributed by atoms with Crippen LogP contribution in [0.15, 0.2) is 40.2 Å². The van der Waals surface area contributed by atoms with Gasteiger partial charge < -0.3 is 5.32 Å². The van der Waals surface area contributed by atoms with Gasteiger partial charge in [-0.2, -0.15) is 11.8 Å². The molecule has 1 amide bonds. The highest BCUT2D eigenvalue weighted by molar-refractivity contribution is 9.11. The standard InChI is InChI=1S/C15H15BrFNOS2/c16-14-6-5-12(21-14)10-20-8-7-18-15(19)9-11-3-1-2-4-13(11)17/h1-6H,7-10H2,(H,18,19). The van der Waals surface area contributed by atoms with Crippen LogP contribution < -0.4 is 5.32 Å². The molecule has 0 aliphatic heterocycles. The van der Waals surface area contributed by atoms with Crippen molar-refractivity contribution in [3.8, 4) is 0 Å². The molecule has 6 heteroatoms. The Morgan fingerprint density at radius 1 is 1.29 bits per heavy atom. The summed E-state index contributed by atoms with van der Waals surface area (Å²) in [7, 11) is 0. The number of thiophene rings is 1. The van der Waals surface area contributed by atoms with E-state index in [4.69, 9.17) is 0 Å². The maximum atomic E-state index is 13.4. The van der Waals surface area contributed by atoms with Crippen LogP contribution in [-0.2, 0) is 17.0 Å². The van der Waals surface area contributed by atoms with E-state index >= 15 is 0 Å². The molecule has 1 aromatic heterocycles. The maximum absolute atomic E-state index is 13.4. The highest BCUT2D eigenvalue weighted by Gasteiger charge is 2.06. The first-order valence-corrected chi connectivity index (χ1v) is 9.23. The van der Waals surface area contributed by atoms with Gasteiger partial charge in [-0.05, 0) is 39.7 Å². The summed E-state index contributed by atoms with van der Waals surface area (Å²) in [6.07, 6.45) is 0.0925. The average Bonchev–Trinajstić information content (AvgIpc) is 2.87. The van der Waals surface area contributed by atoms with Crippen molar-refractivity contribution < 1.29 is 9.18 Å². The van der Waals surface area contributed by atoms with Gasteiger partial charge in [-0.25, -0.2) is 4.39 Å². The number of amides is 1. The first kappa shape index (κ1) is 16.5. The minimum Gasteiger partial charge on any atom is -0.355 e. The van der Waals surface area contributed by atoms with Gasteiger partial charge >= 0.3 is 0 Å². The minimum absolute atomic E-state index is 0.0925. The third-order valence-corrected chi connectivity index (χ3v) is 5.56. The van der Waals surface area contributed by atoms with Crippen LogP contribution in [0.3, 0.4) is 0 Å². The molecule has 0 radical (unpaired) electrons. The van der Waals surface area contributed by atoms with Crippen LogP contribution in [-0.4, -0.2) is 18.2 Å². The van der Waals surface area contributed by atoms with Gasteiger partial charge in [0.15, 0.2) is 0 Å². The van der Waals surface area contributed by atoms with Crippen LogP contribution in [0.1, 0.15) is 10.4 Å². The molecule has 0 bridgehead atoms. The fourth-order valence-corrected chi connectivity index (χ4v) is 4.19. The molecule has 1 aromatic carbocycles. The molecule has 1 heterocycles. The minimum atomic E-state index is -0.328. The fraction of sp³-hybridized carbons (Fsp3) is 0.267. The summed E-state index contributed by atoms with van der Waals surface area (Å²) in [5.74, 6) is 1.32. The summed E-state index contributed by atoms with van der Waals surface area (Å²) in [4.78, 5) is 13.0. The SMILES string of the molecule is O=C(Cc1ccccc1F)NCCSCc1ccc(Br)s1. The largest absolute Gasteiger partial charge is 0.355 e. The monoisotopic (exact) mass is 387 g/mol. The van der Waals surface area contributed by atoms with Gasteiger partial charge in [0.1, 0.15) is 5.82 Å². The Hall–Kier alpha value is -0.850. The third kappa shape index (κ3) is 5.80. The van der Waals surface area contributed by atoms with Crippen LogP contribution in [0.25, 0.3) is 0 Å². The number of thioether (sulfide) groups is 1. The van der Waals surface area contributed by atoms with Crippen molar-refractivity contribution in [2.24, 2.45) is 0 Å². The lowest BCUT2D eigenvalue weighted by Crippen LogP contribution is -2.27. The number of hydrogen-bond acceptors (Lipinski definition) is 3. The highest BCUT2D eigenvalue weighted by atomic mass is 79.9. The Morgan fingerprint density at radius 2 is 2.10 bits per heavy atom. The molecule has 0 unspecified atom stereocenters. The van der Waals surface area contributed by atoms with E-state index in [1.807, 2.05) is 6.07 Å². The molecule has 0 spiro atoms. The molecule has 21 heavy (non-hydrogen) atoms. The molecule has 1 N–H and O–H groups in total. The van der Waals surface area contributed by atoms with Crippen LogP contribution >= 0.6 is 39.0 Å². The zero-order valence-corrected chi connectivity index (χ0v) is 14.5. The Bertz CT molecular complexity index is 603. The second kappa shape index (κ2) is 8.56. The molecular weight excluding hydrogens is 373 g/mol. The average molecular weight is 388 g/mol. The van der Waals surface area contributed by atoms with Gasteiger partial charge in [-0.15, -0.1) is 11.3 Å². The van der Waals surface area contributed by atoms with Gasteiger partial charge in [0.25, 0.3) is 0 Å². The predicted molar refractivity (Wildman–Crippen MR) is 91.3 cm³/mol. The smallest absolute Gasteiger partial charge is 0.224 e. The third-order valence-electron chi connectivity index (χ3n) is 2.75. The van der Waals surface area contributed by atoms with Crippen LogP contribution in [0, 0.1) is 5.82 Å². The highest BCUT2D eigenvalue weighted by Crippen LogP contribution is 2.25. The Labute approximate surface area is 140 Å². The molecule has 0 saturated heterocycles. The quantitative estimate of drug-likeness (QED) is 0.719. The summed E-state index contributed by atoms with van der Waals surface area (Å²) in [5, 5.41) is 2.82. The summed E-state index contributed by atoms with van der Waals surface area (Å²) < 4.78 is 14.5. The van der Waals surface area contributed by atoms with E-state index in [9.17, 15) is 9.18 Å². The molecule has 0 aliphatic carbocycles. The van der Waals surface area contributed by atoms with Crippen molar-refractivity contribution in [1.29, 1.82) is 0 Å². The lowest BCUT2D eigenvalue weighted by atomic mass is 10.1. The van der Waals surface area contributed by atoms with Crippen LogP contribution in [0.2, 0.25) is 0 Å². The Kier molecular flexibility index (Phi) is 6.73. The predicted octanol–water partition coefficient (Wildman–Crippen LogP) is 4.24. The van der Waals surface area contributed by atoms with Gasteiger partial charge in [0, 0.05) is 22.9 Å². The lowest BCUT2D eigenvalue weighted by Gasteiger charge is -2.05. The second-order valence-corrected chi connectivity index (χ2v) is 8.03. The van der Waals surface area contributed by atoms with Gasteiger partial charge in [-0.1, -0.05) is 18.2 Å². The van der Waals surface area contributed by atoms with E-state index in [0.29, 0.717) is 12.1 Å². The van der Waals surface area contributed by atoms with Crippen LogP contribution in [0.5, 0.6) is 0 Å². The van der Waals surface area contributed by atoms with Gasteiger partial charge in [-0.3, -0.25) is 4.79 Å². The Balaban J connectivity index is 1.62. The molecule has 2 rings (SSSR count). The van der Waals surface area contributed by atoms with Crippen molar-refractivity contribution in [3.05, 3.63) is 56.4 Å². The number of nitrogens with one attached hydrogen (secondary N) is 1. The second-order valence-electron chi connectivity index (χ2n) is 4.38. The summed E-state index contributed by atoms with van der Waals surface area (Å²) >= 11 is 6.93. The van der Waals surface area contributed by atoms with E-state index in [2.05, 4.69) is 27.3 Å². The molecule has 112 valence electrons. The maximum Gasteiger partial charge on any atom is 0.224 e. The number of carbonyl (C=O) groups excluding carboxylic acids is 1. The normalized spacial score (nSPS) is 10.6. The van der Waals surface area contributed by atoms with Gasteiger partial charge in [0.05, 0.1) is 10.2 Å². The zero-order valence-electron chi connectivity index (χ0n) is 11.3. The first-order chi connectivity index (χ1) is 10.1. The summed E-state index contributed by atoms with van der Waals surface area (Å²) in [5.41, 5.74) is 0.436. The van der Waals surface area contributed by atoms with Crippen molar-refractivity contribution in [2.45, 2.75) is 12.2 Å². The van der Waals surface area contributed by atoms with Crippen molar-refractivity contribution in [1.82, 2.24) is 5.32 Å². The zero-order chi connectivity index (χ0) is 15.1. The molecule has 0 atom stereocenters. The van der Waals surface area contributed by atoms with Crippen molar-refractivity contribution >= 4 is 44.9 Å². The number of rotatable bonds is 7. The van der Waals surface area contributed by atoms with Crippen molar-refractivity contribution in [3.63, 3.8) is 0 Å².